The van der Waals surface area contributed by atoms with Crippen molar-refractivity contribution in [2.24, 2.45) is 0 Å². The molecule has 0 radical (unpaired) electrons. The maximum atomic E-state index is 16.3. The first kappa shape index (κ1) is 38.6. The Hall–Kier alpha value is -4.26. The number of ether oxygens (including phenoxy) is 3. The van der Waals surface area contributed by atoms with E-state index in [1.165, 1.54) is 0 Å². The molecule has 3 saturated heterocycles. The van der Waals surface area contributed by atoms with Gasteiger partial charge in [-0.05, 0) is 101 Å². The van der Waals surface area contributed by atoms with Crippen LogP contribution in [0.5, 0.6) is 5.75 Å². The summed E-state index contributed by atoms with van der Waals surface area (Å²) in [5, 5.41) is 7.33. The lowest BCUT2D eigenvalue weighted by Crippen LogP contribution is -2.46. The molecular weight excluding hydrogens is 728 g/mol. The van der Waals surface area contributed by atoms with Crippen LogP contribution >= 0.6 is 11.8 Å². The van der Waals surface area contributed by atoms with Crippen molar-refractivity contribution in [2.75, 3.05) is 37.5 Å². The summed E-state index contributed by atoms with van der Waals surface area (Å²) in [6.07, 6.45) is 8.58. The lowest BCUT2D eigenvalue weighted by molar-refractivity contribution is -0.119. The number of likely N-dealkylation sites (tertiary alicyclic amines) is 1. The average molecular weight is 781 g/mol. The van der Waals surface area contributed by atoms with Gasteiger partial charge < -0.3 is 24.0 Å². The van der Waals surface area contributed by atoms with Crippen molar-refractivity contribution in [1.82, 2.24) is 24.6 Å². The summed E-state index contributed by atoms with van der Waals surface area (Å²) in [6, 6.07) is 14.4. The number of hydrogen-bond donors (Lipinski definition) is 0. The fourth-order valence-electron chi connectivity index (χ4n) is 8.29. The first-order valence-electron chi connectivity index (χ1n) is 20.1. The number of anilines is 1. The van der Waals surface area contributed by atoms with E-state index in [1.54, 1.807) is 24.9 Å². The zero-order chi connectivity index (χ0) is 39.1. The monoisotopic (exact) mass is 780 g/mol. The van der Waals surface area contributed by atoms with E-state index < -0.39 is 0 Å². The van der Waals surface area contributed by atoms with E-state index in [0.29, 0.717) is 42.1 Å². The molecule has 2 unspecified atom stereocenters. The molecule has 1 saturated carbocycles. The van der Waals surface area contributed by atoms with Gasteiger partial charge in [-0.1, -0.05) is 49.0 Å². The first-order chi connectivity index (χ1) is 27.1. The van der Waals surface area contributed by atoms with Gasteiger partial charge in [-0.25, -0.2) is 19.0 Å². The smallest absolute Gasteiger partial charge is 0.210 e. The number of carbonyl (C=O) groups excluding carboxylic acids is 1. The van der Waals surface area contributed by atoms with Crippen LogP contribution < -0.4 is 9.64 Å². The van der Waals surface area contributed by atoms with E-state index in [9.17, 15) is 4.79 Å². The number of thioether (sulfide) groups is 1. The zero-order valence-electron chi connectivity index (χ0n) is 33.4. The van der Waals surface area contributed by atoms with Crippen LogP contribution in [-0.2, 0) is 20.9 Å². The Bertz CT molecular complexity index is 2220. The van der Waals surface area contributed by atoms with Gasteiger partial charge in [0.25, 0.3) is 0 Å². The molecule has 1 amide bonds. The number of nitrogens with zero attached hydrogens (tertiary/aromatic N) is 6. The van der Waals surface area contributed by atoms with E-state index in [4.69, 9.17) is 29.3 Å². The zero-order valence-corrected chi connectivity index (χ0v) is 34.2. The van der Waals surface area contributed by atoms with Crippen LogP contribution in [0.3, 0.4) is 0 Å². The lowest BCUT2D eigenvalue weighted by atomic mass is 9.88. The highest BCUT2D eigenvalue weighted by molar-refractivity contribution is 7.99. The SMILES string of the molecule is CCSc1nc(N2C[C@@H]3CC2CN3C=O)c2cc(C3CC3)c(-c3c(C)c(F)cc4c3cnn4C3CCCCO3)c(OCc3ccccc3)c2n1.COC(C)(C)C. The van der Waals surface area contributed by atoms with Crippen molar-refractivity contribution in [1.29, 1.82) is 0 Å². The molecule has 2 aromatic heterocycles. The number of amides is 1. The number of rotatable bonds is 10. The molecule has 3 atom stereocenters. The second-order valence-electron chi connectivity index (χ2n) is 16.4. The standard InChI is InChI=1S/C39H41FN6O3S.C5H12O/c1-3-50-39-42-36-29(38(43-39)45-20-26-15-27(45)19-44(26)22-47)16-28(25-12-13-25)35(37(36)49-21-24-9-5-4-6-10-24)34-23(2)31(40)17-32-30(34)18-41-46(32)33-11-7-8-14-48-33;1-5(2,3)6-4/h4-6,9-10,16-18,22,25-27,33H,3,7-8,11-15,19-21H2,1-2H3;1-4H3/t26-,27?,33?;/m0./s1. The van der Waals surface area contributed by atoms with Gasteiger partial charge in [0.15, 0.2) is 17.1 Å². The summed E-state index contributed by atoms with van der Waals surface area (Å²) in [7, 11) is 1.71. The summed E-state index contributed by atoms with van der Waals surface area (Å²) in [5.41, 5.74) is 5.94. The molecule has 4 aliphatic rings. The normalized spacial score (nSPS) is 20.8. The Morgan fingerprint density at radius 1 is 1.02 bits per heavy atom. The van der Waals surface area contributed by atoms with Crippen molar-refractivity contribution in [2.45, 2.75) is 115 Å². The first-order valence-corrected chi connectivity index (χ1v) is 21.1. The predicted molar refractivity (Wildman–Crippen MR) is 220 cm³/mol. The van der Waals surface area contributed by atoms with E-state index in [1.807, 2.05) is 61.7 Å². The number of fused-ring (bicyclic) bond motifs is 4. The molecule has 5 heterocycles. The van der Waals surface area contributed by atoms with Crippen LogP contribution in [0.25, 0.3) is 32.9 Å². The van der Waals surface area contributed by atoms with Crippen molar-refractivity contribution >= 4 is 45.8 Å². The second-order valence-corrected chi connectivity index (χ2v) is 17.6. The van der Waals surface area contributed by atoms with Gasteiger partial charge in [-0.3, -0.25) is 4.79 Å². The Morgan fingerprint density at radius 3 is 2.45 bits per heavy atom. The molecule has 3 aromatic carbocycles. The molecule has 3 aliphatic heterocycles. The van der Waals surface area contributed by atoms with Crippen LogP contribution in [-0.4, -0.2) is 81.3 Å². The van der Waals surface area contributed by atoms with E-state index in [0.717, 1.165) is 107 Å². The van der Waals surface area contributed by atoms with Crippen molar-refractivity contribution in [3.63, 3.8) is 0 Å². The molecule has 296 valence electrons. The summed E-state index contributed by atoms with van der Waals surface area (Å²) in [6.45, 7) is 12.5. The van der Waals surface area contributed by atoms with Gasteiger partial charge >= 0.3 is 0 Å². The van der Waals surface area contributed by atoms with Crippen molar-refractivity contribution in [3.8, 4) is 16.9 Å². The Kier molecular flexibility index (Phi) is 11.0. The Morgan fingerprint density at radius 2 is 1.80 bits per heavy atom. The molecule has 56 heavy (non-hydrogen) atoms. The van der Waals surface area contributed by atoms with Crippen LogP contribution in [0.1, 0.15) is 95.1 Å². The third-order valence-corrected chi connectivity index (χ3v) is 12.3. The molecule has 0 N–H and O–H groups in total. The number of carbonyl (C=O) groups is 1. The highest BCUT2D eigenvalue weighted by Crippen LogP contribution is 2.54. The molecule has 5 aromatic rings. The summed E-state index contributed by atoms with van der Waals surface area (Å²) >= 11 is 1.60. The topological polar surface area (TPSA) is 94.8 Å². The van der Waals surface area contributed by atoms with Crippen molar-refractivity contribution < 1.29 is 23.4 Å². The lowest BCUT2D eigenvalue weighted by Gasteiger charge is -2.34. The molecular formula is C44H53FN6O4S. The Labute approximate surface area is 333 Å². The minimum absolute atomic E-state index is 0.0417. The second kappa shape index (κ2) is 15.9. The molecule has 12 heteroatoms. The fourth-order valence-corrected chi connectivity index (χ4v) is 8.86. The summed E-state index contributed by atoms with van der Waals surface area (Å²) in [4.78, 5) is 26.5. The van der Waals surface area contributed by atoms with Gasteiger partial charge in [-0.2, -0.15) is 5.10 Å². The van der Waals surface area contributed by atoms with Crippen molar-refractivity contribution in [3.05, 3.63) is 71.2 Å². The van der Waals surface area contributed by atoms with Gasteiger partial charge in [0.2, 0.25) is 6.41 Å². The number of benzene rings is 3. The maximum absolute atomic E-state index is 16.3. The summed E-state index contributed by atoms with van der Waals surface area (Å²) in [5.74, 6) is 2.39. The maximum Gasteiger partial charge on any atom is 0.210 e. The van der Waals surface area contributed by atoms with Crippen LogP contribution in [0, 0.1) is 12.7 Å². The highest BCUT2D eigenvalue weighted by Gasteiger charge is 2.44. The van der Waals surface area contributed by atoms with E-state index in [2.05, 4.69) is 30.0 Å². The molecule has 2 bridgehead atoms. The van der Waals surface area contributed by atoms with Crippen LogP contribution in [0.2, 0.25) is 0 Å². The van der Waals surface area contributed by atoms with Gasteiger partial charge in [0.05, 0.1) is 29.4 Å². The minimum atomic E-state index is -0.278. The Balaban J connectivity index is 0.000000684. The third kappa shape index (κ3) is 7.59. The predicted octanol–water partition coefficient (Wildman–Crippen LogP) is 9.21. The van der Waals surface area contributed by atoms with Crippen LogP contribution in [0.15, 0.2) is 53.8 Å². The molecule has 4 fully saturated rings. The third-order valence-electron chi connectivity index (χ3n) is 11.5. The molecule has 1 aliphatic carbocycles. The molecule has 10 nitrogen and oxygen atoms in total. The number of halogens is 1. The molecule has 0 spiro atoms. The molecule has 9 rings (SSSR count). The quantitative estimate of drug-likeness (QED) is 0.0781. The number of hydrogen-bond acceptors (Lipinski definition) is 9. The summed E-state index contributed by atoms with van der Waals surface area (Å²) < 4.78 is 36.2. The van der Waals surface area contributed by atoms with Gasteiger partial charge in [0.1, 0.15) is 23.8 Å². The number of piperazine rings is 1. The average Bonchev–Trinajstić information content (AvgIpc) is 3.66. The fraction of sp³-hybridized carbons (Fsp3) is 0.500. The van der Waals surface area contributed by atoms with E-state index in [-0.39, 0.29) is 29.7 Å². The minimum Gasteiger partial charge on any atom is -0.486 e. The van der Waals surface area contributed by atoms with Crippen LogP contribution in [0.4, 0.5) is 10.2 Å². The van der Waals surface area contributed by atoms with E-state index >= 15 is 4.39 Å². The van der Waals surface area contributed by atoms with Gasteiger partial charge in [-0.15, -0.1) is 0 Å². The number of methoxy groups -OCH3 is 1. The highest BCUT2D eigenvalue weighted by atomic mass is 32.2. The number of aromatic nitrogens is 4. The van der Waals surface area contributed by atoms with Gasteiger partial charge in [0, 0.05) is 54.8 Å². The largest absolute Gasteiger partial charge is 0.486 e.